The summed E-state index contributed by atoms with van der Waals surface area (Å²) in [6, 6.07) is 15.0. The normalized spacial score (nSPS) is 18.2. The van der Waals surface area contributed by atoms with E-state index >= 15 is 0 Å². The zero-order valence-corrected chi connectivity index (χ0v) is 17.4. The second kappa shape index (κ2) is 8.79. The van der Waals surface area contributed by atoms with Gasteiger partial charge in [0.25, 0.3) is 0 Å². The molecule has 1 aliphatic heterocycles. The molecule has 7 heteroatoms. The monoisotopic (exact) mass is 422 g/mol. The fourth-order valence-corrected chi connectivity index (χ4v) is 4.59. The van der Waals surface area contributed by atoms with Crippen molar-refractivity contribution in [3.05, 3.63) is 59.7 Å². The van der Waals surface area contributed by atoms with E-state index in [0.29, 0.717) is 19.4 Å². The number of aliphatic carboxylic acids is 1. The smallest absolute Gasteiger partial charge is 0.407 e. The maximum Gasteiger partial charge on any atom is 0.407 e. The minimum absolute atomic E-state index is 0.0315. The molecule has 2 N–H and O–H groups in total. The summed E-state index contributed by atoms with van der Waals surface area (Å²) in [4.78, 5) is 37.5. The summed E-state index contributed by atoms with van der Waals surface area (Å²) in [6.07, 6.45) is 0.596. The lowest BCUT2D eigenvalue weighted by Gasteiger charge is -2.23. The Morgan fingerprint density at radius 2 is 1.71 bits per heavy atom. The molecule has 1 aliphatic carbocycles. The molecule has 2 aromatic carbocycles. The maximum atomic E-state index is 12.5. The molecule has 7 nitrogen and oxygen atoms in total. The Balaban J connectivity index is 1.32. The van der Waals surface area contributed by atoms with Gasteiger partial charge in [0.1, 0.15) is 12.6 Å². The average molecular weight is 422 g/mol. The average Bonchev–Trinajstić information content (AvgIpc) is 3.36. The molecule has 1 unspecified atom stereocenters. The third-order valence-corrected chi connectivity index (χ3v) is 6.05. The van der Waals surface area contributed by atoms with Gasteiger partial charge in [-0.05, 0) is 42.0 Å². The van der Waals surface area contributed by atoms with Crippen LogP contribution in [0.15, 0.2) is 48.5 Å². The highest BCUT2D eigenvalue weighted by Crippen LogP contribution is 2.44. The van der Waals surface area contributed by atoms with Crippen LogP contribution < -0.4 is 5.32 Å². The largest absolute Gasteiger partial charge is 0.480 e. The maximum absolute atomic E-state index is 12.5. The Bertz CT molecular complexity index is 959. The molecule has 0 bridgehead atoms. The number of rotatable bonds is 6. The summed E-state index contributed by atoms with van der Waals surface area (Å²) >= 11 is 0. The summed E-state index contributed by atoms with van der Waals surface area (Å²) in [5.74, 6) is -1.28. The highest BCUT2D eigenvalue weighted by Gasteiger charge is 2.34. The van der Waals surface area contributed by atoms with Gasteiger partial charge in [-0.3, -0.25) is 4.79 Å². The number of nitrogens with one attached hydrogen (secondary N) is 1. The number of carbonyl (C=O) groups excluding carboxylic acids is 2. The molecule has 4 rings (SSSR count). The van der Waals surface area contributed by atoms with Gasteiger partial charge in [0.15, 0.2) is 0 Å². The Morgan fingerprint density at radius 3 is 2.32 bits per heavy atom. The van der Waals surface area contributed by atoms with Crippen LogP contribution in [0.25, 0.3) is 11.1 Å². The van der Waals surface area contributed by atoms with E-state index in [4.69, 9.17) is 4.74 Å². The van der Waals surface area contributed by atoms with E-state index in [1.165, 1.54) is 4.90 Å². The molecule has 31 heavy (non-hydrogen) atoms. The predicted octanol–water partition coefficient (Wildman–Crippen LogP) is 3.38. The van der Waals surface area contributed by atoms with E-state index in [1.807, 2.05) is 24.3 Å². The van der Waals surface area contributed by atoms with Gasteiger partial charge in [0, 0.05) is 24.9 Å². The minimum atomic E-state index is -0.983. The first-order chi connectivity index (χ1) is 15.0. The first-order valence-corrected chi connectivity index (χ1v) is 10.6. The molecule has 2 aliphatic rings. The lowest BCUT2D eigenvalue weighted by atomic mass is 9.98. The van der Waals surface area contributed by atoms with E-state index in [9.17, 15) is 19.5 Å². The number of benzene rings is 2. The van der Waals surface area contributed by atoms with Crippen molar-refractivity contribution in [2.24, 2.45) is 0 Å². The predicted molar refractivity (Wildman–Crippen MR) is 115 cm³/mol. The summed E-state index contributed by atoms with van der Waals surface area (Å²) in [5, 5.41) is 11.9. The Hall–Kier alpha value is -3.35. The van der Waals surface area contributed by atoms with Crippen molar-refractivity contribution in [3.8, 4) is 11.1 Å². The van der Waals surface area contributed by atoms with Gasteiger partial charge in [-0.2, -0.15) is 0 Å². The van der Waals surface area contributed by atoms with Crippen molar-refractivity contribution >= 4 is 18.0 Å². The van der Waals surface area contributed by atoms with Crippen molar-refractivity contribution in [2.45, 2.75) is 44.2 Å². The minimum Gasteiger partial charge on any atom is -0.480 e. The number of nitrogens with zero attached hydrogens (tertiary/aromatic N) is 1. The number of carboxylic acid groups (broad SMARTS) is 1. The van der Waals surface area contributed by atoms with Crippen LogP contribution in [0.2, 0.25) is 0 Å². The second-order valence-corrected chi connectivity index (χ2v) is 8.16. The quantitative estimate of drug-likeness (QED) is 0.744. The third-order valence-electron chi connectivity index (χ3n) is 6.05. The topological polar surface area (TPSA) is 95.9 Å². The number of carbonyl (C=O) groups is 3. The van der Waals surface area contributed by atoms with Crippen LogP contribution in [0, 0.1) is 0 Å². The summed E-state index contributed by atoms with van der Waals surface area (Å²) in [6.45, 7) is 2.35. The molecule has 2 aromatic rings. The Labute approximate surface area is 181 Å². The van der Waals surface area contributed by atoms with Gasteiger partial charge < -0.3 is 20.1 Å². The van der Waals surface area contributed by atoms with Gasteiger partial charge in [-0.15, -0.1) is 0 Å². The van der Waals surface area contributed by atoms with Gasteiger partial charge in [-0.25, -0.2) is 9.59 Å². The summed E-state index contributed by atoms with van der Waals surface area (Å²) in [7, 11) is 0. The third kappa shape index (κ3) is 4.26. The highest BCUT2D eigenvalue weighted by atomic mass is 16.5. The molecule has 2 amide bonds. The van der Waals surface area contributed by atoms with E-state index in [2.05, 4.69) is 29.6 Å². The van der Waals surface area contributed by atoms with Crippen LogP contribution in [-0.4, -0.2) is 53.2 Å². The highest BCUT2D eigenvalue weighted by molar-refractivity contribution is 5.85. The van der Waals surface area contributed by atoms with Crippen molar-refractivity contribution in [3.63, 3.8) is 0 Å². The second-order valence-electron chi connectivity index (χ2n) is 8.16. The van der Waals surface area contributed by atoms with Crippen LogP contribution in [0.1, 0.15) is 43.2 Å². The molecular formula is C24H26N2O5. The van der Waals surface area contributed by atoms with Crippen LogP contribution in [0.3, 0.4) is 0 Å². The molecule has 162 valence electrons. The molecule has 0 spiro atoms. The van der Waals surface area contributed by atoms with Gasteiger partial charge in [0.05, 0.1) is 0 Å². The lowest BCUT2D eigenvalue weighted by Crippen LogP contribution is -2.44. The van der Waals surface area contributed by atoms with Crippen molar-refractivity contribution in [1.29, 1.82) is 0 Å². The van der Waals surface area contributed by atoms with Crippen LogP contribution in [-0.2, 0) is 14.3 Å². The number of alkyl carbamates (subject to hydrolysis) is 1. The molecule has 0 radical (unpaired) electrons. The van der Waals surface area contributed by atoms with Crippen molar-refractivity contribution < 1.29 is 24.2 Å². The number of carboxylic acids is 1. The zero-order valence-electron chi connectivity index (χ0n) is 17.4. The summed E-state index contributed by atoms with van der Waals surface area (Å²) < 4.78 is 5.51. The summed E-state index contributed by atoms with van der Waals surface area (Å²) in [5.41, 5.74) is 4.58. The Kier molecular flexibility index (Phi) is 5.93. The van der Waals surface area contributed by atoms with Crippen molar-refractivity contribution in [1.82, 2.24) is 10.2 Å². The number of likely N-dealkylation sites (tertiary alicyclic amines) is 1. The lowest BCUT2D eigenvalue weighted by molar-refractivity contribution is -0.148. The SMILES string of the molecule is C[C@@H](CC(=O)N1CCCC1C(=O)O)NC(=O)OCC1c2ccccc2-c2ccccc21. The number of ether oxygens (including phenoxy) is 1. The number of hydrogen-bond donors (Lipinski definition) is 2. The first-order valence-electron chi connectivity index (χ1n) is 10.6. The number of fused-ring (bicyclic) bond motifs is 3. The first kappa shape index (κ1) is 20.9. The van der Waals surface area contributed by atoms with Gasteiger partial charge >= 0.3 is 12.1 Å². The van der Waals surface area contributed by atoms with E-state index in [1.54, 1.807) is 6.92 Å². The standard InChI is InChI=1S/C24H26N2O5/c1-15(13-22(27)26-12-6-11-21(26)23(28)29)25-24(30)31-14-20-18-9-4-2-7-16(18)17-8-3-5-10-19(17)20/h2-5,7-10,15,20-21H,6,11-14H2,1H3,(H,25,30)(H,28,29)/t15-,21?/m0/s1. The van der Waals surface area contributed by atoms with Crippen LogP contribution in [0.4, 0.5) is 4.79 Å². The fourth-order valence-electron chi connectivity index (χ4n) is 4.59. The number of amides is 2. The van der Waals surface area contributed by atoms with E-state index in [0.717, 1.165) is 22.3 Å². The van der Waals surface area contributed by atoms with E-state index < -0.39 is 24.1 Å². The van der Waals surface area contributed by atoms with Gasteiger partial charge in [-0.1, -0.05) is 48.5 Å². The van der Waals surface area contributed by atoms with Crippen LogP contribution >= 0.6 is 0 Å². The van der Waals surface area contributed by atoms with Crippen LogP contribution in [0.5, 0.6) is 0 Å². The molecular weight excluding hydrogens is 396 g/mol. The van der Waals surface area contributed by atoms with E-state index in [-0.39, 0.29) is 24.9 Å². The molecule has 2 atom stereocenters. The molecule has 1 saturated heterocycles. The molecule has 0 aromatic heterocycles. The number of hydrogen-bond acceptors (Lipinski definition) is 4. The Morgan fingerprint density at radius 1 is 1.10 bits per heavy atom. The molecule has 1 heterocycles. The molecule has 0 saturated carbocycles. The fraction of sp³-hybridized carbons (Fsp3) is 0.375. The van der Waals surface area contributed by atoms with Crippen molar-refractivity contribution in [2.75, 3.05) is 13.2 Å². The molecule has 1 fully saturated rings. The van der Waals surface area contributed by atoms with Gasteiger partial charge in [0.2, 0.25) is 5.91 Å². The zero-order chi connectivity index (χ0) is 22.0.